The first kappa shape index (κ1) is 7.66. The molecule has 1 nitrogen and oxygen atoms in total. The summed E-state index contributed by atoms with van der Waals surface area (Å²) in [6, 6.07) is 8.31. The topological polar surface area (TPSA) is 9.23 Å². The number of fused-ring (bicyclic) bond motifs is 1. The van der Waals surface area contributed by atoms with Crippen molar-refractivity contribution < 1.29 is 4.74 Å². The van der Waals surface area contributed by atoms with Gasteiger partial charge in [-0.1, -0.05) is 25.1 Å². The van der Waals surface area contributed by atoms with Gasteiger partial charge in [0.05, 0.1) is 6.10 Å². The Morgan fingerprint density at radius 3 is 2.83 bits per heavy atom. The van der Waals surface area contributed by atoms with E-state index in [2.05, 4.69) is 32.0 Å². The molecular weight excluding hydrogens is 148 g/mol. The van der Waals surface area contributed by atoms with E-state index in [-0.39, 0.29) is 0 Å². The molecule has 1 aliphatic rings. The number of hydrogen-bond donors (Lipinski definition) is 0. The highest BCUT2D eigenvalue weighted by Gasteiger charge is 2.21. The lowest BCUT2D eigenvalue weighted by Gasteiger charge is -2.28. The van der Waals surface area contributed by atoms with Crippen LogP contribution in [-0.4, -0.2) is 6.10 Å². The molecule has 1 heterocycles. The molecule has 0 unspecified atom stereocenters. The van der Waals surface area contributed by atoms with E-state index in [1.165, 1.54) is 5.56 Å². The molecule has 1 heteroatoms. The van der Waals surface area contributed by atoms with Crippen molar-refractivity contribution in [3.63, 3.8) is 0 Å². The molecular formula is C11H14O. The van der Waals surface area contributed by atoms with Crippen LogP contribution in [0.1, 0.15) is 19.4 Å². The van der Waals surface area contributed by atoms with E-state index >= 15 is 0 Å². The molecule has 0 aromatic heterocycles. The van der Waals surface area contributed by atoms with E-state index in [1.54, 1.807) is 0 Å². The second kappa shape index (κ2) is 2.81. The Labute approximate surface area is 73.4 Å². The summed E-state index contributed by atoms with van der Waals surface area (Å²) in [6.45, 7) is 4.38. The number of hydrogen-bond acceptors (Lipinski definition) is 1. The Hall–Kier alpha value is -0.980. The minimum absolute atomic E-state index is 0.361. The number of ether oxygens (including phenoxy) is 1. The smallest absolute Gasteiger partial charge is 0.122 e. The minimum Gasteiger partial charge on any atom is -0.490 e. The second-order valence-electron chi connectivity index (χ2n) is 3.61. The van der Waals surface area contributed by atoms with E-state index < -0.39 is 0 Å². The van der Waals surface area contributed by atoms with Crippen molar-refractivity contribution in [3.8, 4) is 5.75 Å². The lowest BCUT2D eigenvalue weighted by atomic mass is 9.93. The standard InChI is InChI=1S/C11H14O/c1-8-7-10-5-3-4-6-11(10)12-9(8)2/h3-6,8-9H,7H2,1-2H3/t8-,9+/m1/s1. The summed E-state index contributed by atoms with van der Waals surface area (Å²) in [6.07, 6.45) is 1.51. The van der Waals surface area contributed by atoms with E-state index in [1.807, 2.05) is 6.07 Å². The van der Waals surface area contributed by atoms with Crippen molar-refractivity contribution in [2.45, 2.75) is 26.4 Å². The third-order valence-electron chi connectivity index (χ3n) is 2.63. The first-order chi connectivity index (χ1) is 5.77. The highest BCUT2D eigenvalue weighted by Crippen LogP contribution is 2.29. The van der Waals surface area contributed by atoms with Crippen LogP contribution in [0, 0.1) is 5.92 Å². The number of benzene rings is 1. The van der Waals surface area contributed by atoms with Gasteiger partial charge < -0.3 is 4.74 Å². The van der Waals surface area contributed by atoms with Gasteiger partial charge in [0.25, 0.3) is 0 Å². The maximum atomic E-state index is 5.74. The average molecular weight is 162 g/mol. The molecule has 2 rings (SSSR count). The van der Waals surface area contributed by atoms with Crippen molar-refractivity contribution in [2.24, 2.45) is 5.92 Å². The summed E-state index contributed by atoms with van der Waals surface area (Å²) >= 11 is 0. The van der Waals surface area contributed by atoms with Gasteiger partial charge in [0.15, 0.2) is 0 Å². The number of para-hydroxylation sites is 1. The molecule has 0 aliphatic carbocycles. The Morgan fingerprint density at radius 2 is 2.00 bits per heavy atom. The summed E-state index contributed by atoms with van der Waals surface area (Å²) in [5.74, 6) is 1.71. The fraction of sp³-hybridized carbons (Fsp3) is 0.455. The van der Waals surface area contributed by atoms with Crippen molar-refractivity contribution in [2.75, 3.05) is 0 Å². The van der Waals surface area contributed by atoms with Crippen LogP contribution < -0.4 is 4.74 Å². The van der Waals surface area contributed by atoms with Crippen LogP contribution in [0.15, 0.2) is 24.3 Å². The zero-order chi connectivity index (χ0) is 8.55. The second-order valence-corrected chi connectivity index (χ2v) is 3.61. The molecule has 12 heavy (non-hydrogen) atoms. The molecule has 64 valence electrons. The summed E-state index contributed by atoms with van der Waals surface area (Å²) < 4.78 is 5.74. The van der Waals surface area contributed by atoms with Gasteiger partial charge in [-0.3, -0.25) is 0 Å². The average Bonchev–Trinajstić information content (AvgIpc) is 2.07. The largest absolute Gasteiger partial charge is 0.490 e. The molecule has 1 aliphatic heterocycles. The zero-order valence-corrected chi connectivity index (χ0v) is 7.58. The van der Waals surface area contributed by atoms with Crippen LogP contribution in [0.3, 0.4) is 0 Å². The fourth-order valence-electron chi connectivity index (χ4n) is 1.62. The van der Waals surface area contributed by atoms with Crippen molar-refractivity contribution >= 4 is 0 Å². The molecule has 1 aromatic rings. The van der Waals surface area contributed by atoms with Gasteiger partial charge in [-0.05, 0) is 30.9 Å². The normalized spacial score (nSPS) is 27.5. The van der Waals surface area contributed by atoms with Crippen molar-refractivity contribution in [1.82, 2.24) is 0 Å². The van der Waals surface area contributed by atoms with Crippen LogP contribution in [0.5, 0.6) is 5.75 Å². The van der Waals surface area contributed by atoms with Gasteiger partial charge in [0.2, 0.25) is 0 Å². The van der Waals surface area contributed by atoms with Gasteiger partial charge in [-0.2, -0.15) is 0 Å². The van der Waals surface area contributed by atoms with Crippen LogP contribution in [0.2, 0.25) is 0 Å². The summed E-state index contributed by atoms with van der Waals surface area (Å²) in [5.41, 5.74) is 1.35. The van der Waals surface area contributed by atoms with Gasteiger partial charge in [-0.25, -0.2) is 0 Å². The predicted molar refractivity (Wildman–Crippen MR) is 49.4 cm³/mol. The molecule has 0 saturated heterocycles. The summed E-state index contributed by atoms with van der Waals surface area (Å²) in [7, 11) is 0. The molecule has 2 atom stereocenters. The first-order valence-electron chi connectivity index (χ1n) is 4.52. The lowest BCUT2D eigenvalue weighted by molar-refractivity contribution is 0.140. The van der Waals surface area contributed by atoms with Crippen LogP contribution in [0.4, 0.5) is 0 Å². The Kier molecular flexibility index (Phi) is 1.80. The quantitative estimate of drug-likeness (QED) is 0.570. The van der Waals surface area contributed by atoms with E-state index in [4.69, 9.17) is 4.74 Å². The van der Waals surface area contributed by atoms with E-state index in [0.29, 0.717) is 12.0 Å². The van der Waals surface area contributed by atoms with Gasteiger partial charge in [0.1, 0.15) is 5.75 Å². The Morgan fingerprint density at radius 1 is 1.25 bits per heavy atom. The zero-order valence-electron chi connectivity index (χ0n) is 7.58. The van der Waals surface area contributed by atoms with Crippen molar-refractivity contribution in [1.29, 1.82) is 0 Å². The van der Waals surface area contributed by atoms with Gasteiger partial charge in [0, 0.05) is 0 Å². The number of rotatable bonds is 0. The van der Waals surface area contributed by atoms with Crippen LogP contribution in [0.25, 0.3) is 0 Å². The highest BCUT2D eigenvalue weighted by atomic mass is 16.5. The molecule has 0 amide bonds. The molecule has 1 aromatic carbocycles. The third kappa shape index (κ3) is 1.20. The SMILES string of the molecule is C[C@@H]1Cc2ccccc2O[C@H]1C. The maximum absolute atomic E-state index is 5.74. The van der Waals surface area contributed by atoms with Crippen LogP contribution >= 0.6 is 0 Å². The van der Waals surface area contributed by atoms with Gasteiger partial charge in [-0.15, -0.1) is 0 Å². The fourth-order valence-corrected chi connectivity index (χ4v) is 1.62. The van der Waals surface area contributed by atoms with Crippen molar-refractivity contribution in [3.05, 3.63) is 29.8 Å². The summed E-state index contributed by atoms with van der Waals surface area (Å²) in [5, 5.41) is 0. The first-order valence-corrected chi connectivity index (χ1v) is 4.52. The Bertz CT molecular complexity index is 251. The molecule has 0 saturated carbocycles. The minimum atomic E-state index is 0.361. The maximum Gasteiger partial charge on any atom is 0.122 e. The molecule has 0 radical (unpaired) electrons. The molecule has 0 spiro atoms. The van der Waals surface area contributed by atoms with E-state index in [9.17, 15) is 0 Å². The molecule has 0 fully saturated rings. The monoisotopic (exact) mass is 162 g/mol. The molecule has 0 bridgehead atoms. The lowest BCUT2D eigenvalue weighted by Crippen LogP contribution is -2.27. The third-order valence-corrected chi connectivity index (χ3v) is 2.63. The predicted octanol–water partition coefficient (Wildman–Crippen LogP) is 2.65. The Balaban J connectivity index is 2.34. The highest BCUT2D eigenvalue weighted by molar-refractivity contribution is 5.35. The van der Waals surface area contributed by atoms with Gasteiger partial charge >= 0.3 is 0 Å². The van der Waals surface area contributed by atoms with Crippen LogP contribution in [-0.2, 0) is 6.42 Å². The summed E-state index contributed by atoms with van der Waals surface area (Å²) in [4.78, 5) is 0. The molecule has 0 N–H and O–H groups in total. The van der Waals surface area contributed by atoms with E-state index in [0.717, 1.165) is 12.2 Å².